The molecule has 0 atom stereocenters. The molecule has 154 valence electrons. The zero-order valence-corrected chi connectivity index (χ0v) is 16.4. The highest BCUT2D eigenvalue weighted by Crippen LogP contribution is 2.30. The number of benzene rings is 2. The predicted octanol–water partition coefficient (Wildman–Crippen LogP) is 2.43. The lowest BCUT2D eigenvalue weighted by molar-refractivity contribution is -0.131. The summed E-state index contributed by atoms with van der Waals surface area (Å²) in [6, 6.07) is 12.4. The summed E-state index contributed by atoms with van der Waals surface area (Å²) in [5, 5.41) is 3.33. The van der Waals surface area contributed by atoms with E-state index in [9.17, 15) is 9.18 Å². The molecule has 1 amide bonds. The Morgan fingerprint density at radius 1 is 0.966 bits per heavy atom. The summed E-state index contributed by atoms with van der Waals surface area (Å²) in [7, 11) is 0. The van der Waals surface area contributed by atoms with Gasteiger partial charge in [-0.1, -0.05) is 6.07 Å². The Hall–Kier alpha value is -2.80. The first kappa shape index (κ1) is 19.5. The molecule has 7 heteroatoms. The summed E-state index contributed by atoms with van der Waals surface area (Å²) in [4.78, 5) is 16.6. The van der Waals surface area contributed by atoms with Crippen LogP contribution >= 0.6 is 0 Å². The molecule has 0 spiro atoms. The second-order valence-corrected chi connectivity index (χ2v) is 7.25. The fourth-order valence-electron chi connectivity index (χ4n) is 3.65. The number of rotatable bonds is 6. The van der Waals surface area contributed by atoms with E-state index in [2.05, 4.69) is 10.2 Å². The molecule has 4 rings (SSSR count). The number of nitrogens with one attached hydrogen (secondary N) is 1. The molecule has 2 heterocycles. The quantitative estimate of drug-likeness (QED) is 0.757. The van der Waals surface area contributed by atoms with Gasteiger partial charge in [-0.25, -0.2) is 4.39 Å². The van der Waals surface area contributed by atoms with E-state index in [0.29, 0.717) is 45.8 Å². The van der Waals surface area contributed by atoms with Gasteiger partial charge in [-0.15, -0.1) is 0 Å². The van der Waals surface area contributed by atoms with E-state index in [1.54, 1.807) is 12.1 Å². The first-order valence-corrected chi connectivity index (χ1v) is 10.1. The number of halogens is 1. The molecule has 29 heavy (non-hydrogen) atoms. The average Bonchev–Trinajstić information content (AvgIpc) is 2.77. The van der Waals surface area contributed by atoms with Gasteiger partial charge in [-0.3, -0.25) is 4.79 Å². The van der Waals surface area contributed by atoms with E-state index >= 15 is 0 Å². The van der Waals surface area contributed by atoms with Crippen LogP contribution < -0.4 is 19.7 Å². The Morgan fingerprint density at radius 2 is 1.69 bits per heavy atom. The van der Waals surface area contributed by atoms with Gasteiger partial charge in [0.05, 0.1) is 0 Å². The molecule has 0 saturated carbocycles. The minimum atomic E-state index is -0.230. The average molecular weight is 399 g/mol. The van der Waals surface area contributed by atoms with Gasteiger partial charge in [0.15, 0.2) is 11.5 Å². The van der Waals surface area contributed by atoms with E-state index in [0.717, 1.165) is 35.8 Å². The number of hydrogen-bond acceptors (Lipinski definition) is 5. The Balaban J connectivity index is 1.17. The number of amides is 1. The fourth-order valence-corrected chi connectivity index (χ4v) is 3.65. The van der Waals surface area contributed by atoms with Crippen LogP contribution in [0.3, 0.4) is 0 Å². The maximum absolute atomic E-state index is 13.1. The van der Waals surface area contributed by atoms with Crippen LogP contribution in [-0.4, -0.2) is 56.7 Å². The van der Waals surface area contributed by atoms with Crippen LogP contribution in [0, 0.1) is 5.82 Å². The highest BCUT2D eigenvalue weighted by Gasteiger charge is 2.21. The van der Waals surface area contributed by atoms with Crippen LogP contribution in [0.1, 0.15) is 12.0 Å². The van der Waals surface area contributed by atoms with Gasteiger partial charge in [0.1, 0.15) is 19.0 Å². The van der Waals surface area contributed by atoms with Crippen molar-refractivity contribution >= 4 is 11.6 Å². The number of ether oxygens (including phenoxy) is 2. The van der Waals surface area contributed by atoms with Gasteiger partial charge in [0.2, 0.25) is 5.91 Å². The van der Waals surface area contributed by atoms with Gasteiger partial charge in [-0.05, 0) is 42.0 Å². The zero-order valence-electron chi connectivity index (χ0n) is 16.4. The van der Waals surface area contributed by atoms with Crippen molar-refractivity contribution in [3.63, 3.8) is 0 Å². The number of carbonyl (C=O) groups is 1. The summed E-state index contributed by atoms with van der Waals surface area (Å²) >= 11 is 0. The molecule has 1 fully saturated rings. The lowest BCUT2D eigenvalue weighted by atomic mass is 10.2. The summed E-state index contributed by atoms with van der Waals surface area (Å²) in [5.74, 6) is 1.50. The van der Waals surface area contributed by atoms with Gasteiger partial charge in [0, 0.05) is 51.4 Å². The number of nitrogens with zero attached hydrogens (tertiary/aromatic N) is 2. The molecular weight excluding hydrogens is 373 g/mol. The first-order chi connectivity index (χ1) is 14.2. The maximum atomic E-state index is 13.1. The van der Waals surface area contributed by atoms with Crippen molar-refractivity contribution in [2.45, 2.75) is 13.0 Å². The topological polar surface area (TPSA) is 54.0 Å². The molecule has 0 unspecified atom stereocenters. The fraction of sp³-hybridized carbons (Fsp3) is 0.409. The van der Waals surface area contributed by atoms with Crippen LogP contribution in [0.5, 0.6) is 11.5 Å². The normalized spacial score (nSPS) is 16.0. The monoisotopic (exact) mass is 399 g/mol. The molecule has 1 N–H and O–H groups in total. The molecule has 0 bridgehead atoms. The van der Waals surface area contributed by atoms with E-state index in [-0.39, 0.29) is 11.7 Å². The summed E-state index contributed by atoms with van der Waals surface area (Å²) in [6.45, 7) is 5.39. The Bertz CT molecular complexity index is 836. The number of hydrogen-bond donors (Lipinski definition) is 1. The van der Waals surface area contributed by atoms with Crippen LogP contribution in [-0.2, 0) is 11.3 Å². The smallest absolute Gasteiger partial charge is 0.223 e. The summed E-state index contributed by atoms with van der Waals surface area (Å²) in [6.07, 6.45) is 0.473. The summed E-state index contributed by atoms with van der Waals surface area (Å²) in [5.41, 5.74) is 2.11. The predicted molar refractivity (Wildman–Crippen MR) is 109 cm³/mol. The molecular formula is C22H26FN3O3. The van der Waals surface area contributed by atoms with E-state index in [1.807, 2.05) is 23.1 Å². The Labute approximate surface area is 170 Å². The van der Waals surface area contributed by atoms with Crippen LogP contribution in [0.15, 0.2) is 42.5 Å². The van der Waals surface area contributed by atoms with Crippen LogP contribution in [0.25, 0.3) is 0 Å². The lowest BCUT2D eigenvalue weighted by Gasteiger charge is -2.36. The van der Waals surface area contributed by atoms with Crippen LogP contribution in [0.2, 0.25) is 0 Å². The van der Waals surface area contributed by atoms with Crippen molar-refractivity contribution in [3.8, 4) is 11.5 Å². The molecule has 0 aromatic heterocycles. The van der Waals surface area contributed by atoms with E-state index < -0.39 is 0 Å². The minimum absolute atomic E-state index is 0.165. The second kappa shape index (κ2) is 9.13. The largest absolute Gasteiger partial charge is 0.486 e. The first-order valence-electron chi connectivity index (χ1n) is 10.1. The zero-order chi connectivity index (χ0) is 20.1. The molecule has 2 aliphatic heterocycles. The third-order valence-corrected chi connectivity index (χ3v) is 5.28. The molecule has 0 aliphatic carbocycles. The van der Waals surface area contributed by atoms with Crippen molar-refractivity contribution < 1.29 is 18.7 Å². The Kier molecular flexibility index (Phi) is 6.14. The molecule has 2 aromatic carbocycles. The van der Waals surface area contributed by atoms with Crippen molar-refractivity contribution in [2.75, 3.05) is 50.8 Å². The van der Waals surface area contributed by atoms with Gasteiger partial charge in [-0.2, -0.15) is 0 Å². The number of piperazine rings is 1. The Morgan fingerprint density at radius 3 is 2.45 bits per heavy atom. The van der Waals surface area contributed by atoms with Crippen LogP contribution in [0.4, 0.5) is 10.1 Å². The number of fused-ring (bicyclic) bond motifs is 1. The second-order valence-electron chi connectivity index (χ2n) is 7.25. The van der Waals surface area contributed by atoms with Gasteiger partial charge in [0.25, 0.3) is 0 Å². The molecule has 6 nitrogen and oxygen atoms in total. The molecule has 2 aliphatic rings. The summed E-state index contributed by atoms with van der Waals surface area (Å²) < 4.78 is 24.2. The van der Waals surface area contributed by atoms with Gasteiger partial charge < -0.3 is 24.6 Å². The standard InChI is InChI=1S/C22H26FN3O3/c23-18-2-4-19(5-3-18)25-9-11-26(12-10-25)22(27)7-8-24-16-17-1-6-20-21(15-17)29-14-13-28-20/h1-6,15,24H,7-14,16H2. The van der Waals surface area contributed by atoms with E-state index in [4.69, 9.17) is 9.47 Å². The van der Waals surface area contributed by atoms with Crippen molar-refractivity contribution in [3.05, 3.63) is 53.8 Å². The lowest BCUT2D eigenvalue weighted by Crippen LogP contribution is -2.49. The van der Waals surface area contributed by atoms with Crippen molar-refractivity contribution in [2.24, 2.45) is 0 Å². The van der Waals surface area contributed by atoms with Crippen molar-refractivity contribution in [1.82, 2.24) is 10.2 Å². The molecule has 1 saturated heterocycles. The maximum Gasteiger partial charge on any atom is 0.223 e. The molecule has 2 aromatic rings. The third kappa shape index (κ3) is 4.98. The number of anilines is 1. The van der Waals surface area contributed by atoms with Gasteiger partial charge >= 0.3 is 0 Å². The van der Waals surface area contributed by atoms with Crippen molar-refractivity contribution in [1.29, 1.82) is 0 Å². The third-order valence-electron chi connectivity index (χ3n) is 5.28. The molecule has 0 radical (unpaired) electrons. The minimum Gasteiger partial charge on any atom is -0.486 e. The van der Waals surface area contributed by atoms with E-state index in [1.165, 1.54) is 12.1 Å². The number of carbonyl (C=O) groups excluding carboxylic acids is 1. The SMILES string of the molecule is O=C(CCNCc1ccc2c(c1)OCCO2)N1CCN(c2ccc(F)cc2)CC1. The highest BCUT2D eigenvalue weighted by molar-refractivity contribution is 5.76. The highest BCUT2D eigenvalue weighted by atomic mass is 19.1.